The van der Waals surface area contributed by atoms with Gasteiger partial charge in [-0.2, -0.15) is 0 Å². The van der Waals surface area contributed by atoms with Crippen molar-refractivity contribution in [2.24, 2.45) is 0 Å². The van der Waals surface area contributed by atoms with Crippen LogP contribution in [0, 0.1) is 24.7 Å². The van der Waals surface area contributed by atoms with E-state index in [9.17, 15) is 4.79 Å². The van der Waals surface area contributed by atoms with Crippen molar-refractivity contribution in [3.63, 3.8) is 0 Å². The lowest BCUT2D eigenvalue weighted by Crippen LogP contribution is -2.31. The molecule has 0 saturated heterocycles. The van der Waals surface area contributed by atoms with E-state index in [2.05, 4.69) is 11.8 Å². The Morgan fingerprint density at radius 3 is 2.31 bits per heavy atom. The fourth-order valence-corrected chi connectivity index (χ4v) is 0.815. The molecule has 0 unspecified atom stereocenters. The normalized spacial score (nSPS) is 8.92. The van der Waals surface area contributed by atoms with Gasteiger partial charge in [-0.3, -0.25) is 9.69 Å². The predicted octanol–water partition coefficient (Wildman–Crippen LogP) is 0.118. The molecule has 0 heterocycles. The summed E-state index contributed by atoms with van der Waals surface area (Å²) in [4.78, 5) is 12.7. The van der Waals surface area contributed by atoms with Crippen molar-refractivity contribution in [3.8, 4) is 24.7 Å². The molecule has 0 aliphatic heterocycles. The summed E-state index contributed by atoms with van der Waals surface area (Å²) in [5.74, 6) is 4.55. The molecule has 3 heteroatoms. The summed E-state index contributed by atoms with van der Waals surface area (Å²) in [6.45, 7) is 3.01. The molecule has 3 nitrogen and oxygen atoms in total. The highest BCUT2D eigenvalue weighted by Crippen LogP contribution is 1.88. The van der Waals surface area contributed by atoms with Crippen molar-refractivity contribution < 1.29 is 9.53 Å². The van der Waals surface area contributed by atoms with Gasteiger partial charge in [0.2, 0.25) is 0 Å². The number of carbonyl (C=O) groups is 1. The van der Waals surface area contributed by atoms with Gasteiger partial charge < -0.3 is 4.74 Å². The van der Waals surface area contributed by atoms with Crippen LogP contribution >= 0.6 is 0 Å². The number of hydrogen-bond donors (Lipinski definition) is 0. The van der Waals surface area contributed by atoms with Crippen LogP contribution in [-0.2, 0) is 9.53 Å². The molecule has 0 aliphatic carbocycles. The van der Waals surface area contributed by atoms with Crippen molar-refractivity contribution in [2.45, 2.75) is 6.92 Å². The first-order valence-electron chi connectivity index (χ1n) is 3.99. The second-order valence-corrected chi connectivity index (χ2v) is 2.36. The molecule has 0 radical (unpaired) electrons. The standard InChI is InChI=1S/C10H13NO2/c1-4-7-11(8-5-2)9-10(12)13-6-3/h1-2H,6-9H2,3H3. The number of terminal acetylenes is 2. The third-order valence-corrected chi connectivity index (χ3v) is 1.29. The zero-order valence-corrected chi connectivity index (χ0v) is 7.75. The van der Waals surface area contributed by atoms with Crippen molar-refractivity contribution >= 4 is 5.97 Å². The highest BCUT2D eigenvalue weighted by atomic mass is 16.5. The molecule has 0 N–H and O–H groups in total. The van der Waals surface area contributed by atoms with Gasteiger partial charge in [0.25, 0.3) is 0 Å². The molecule has 0 bridgehead atoms. The molecule has 70 valence electrons. The number of esters is 1. The minimum absolute atomic E-state index is 0.155. The Morgan fingerprint density at radius 1 is 1.38 bits per heavy atom. The van der Waals surface area contributed by atoms with E-state index >= 15 is 0 Å². The van der Waals surface area contributed by atoms with Crippen LogP contribution < -0.4 is 0 Å². The minimum Gasteiger partial charge on any atom is -0.465 e. The highest BCUT2D eigenvalue weighted by Gasteiger charge is 2.08. The second-order valence-electron chi connectivity index (χ2n) is 2.36. The Hall–Kier alpha value is -1.45. The van der Waals surface area contributed by atoms with Crippen molar-refractivity contribution in [1.29, 1.82) is 0 Å². The average molecular weight is 179 g/mol. The summed E-state index contributed by atoms with van der Waals surface area (Å²) in [5, 5.41) is 0. The molecule has 0 atom stereocenters. The van der Waals surface area contributed by atoms with Crippen molar-refractivity contribution in [1.82, 2.24) is 4.90 Å². The van der Waals surface area contributed by atoms with E-state index in [1.807, 2.05) is 0 Å². The van der Waals surface area contributed by atoms with Crippen LogP contribution in [0.5, 0.6) is 0 Å². The van der Waals surface area contributed by atoms with Gasteiger partial charge in [0.05, 0.1) is 26.2 Å². The van der Waals surface area contributed by atoms with Gasteiger partial charge in [0.1, 0.15) is 0 Å². The van der Waals surface area contributed by atoms with Crippen LogP contribution in [0.2, 0.25) is 0 Å². The van der Waals surface area contributed by atoms with Crippen molar-refractivity contribution in [3.05, 3.63) is 0 Å². The molecule has 0 aliphatic rings. The summed E-state index contributed by atoms with van der Waals surface area (Å²) >= 11 is 0. The molecule has 0 aromatic carbocycles. The molecule has 0 aromatic rings. The quantitative estimate of drug-likeness (QED) is 0.443. The molecular formula is C10H13NO2. The van der Waals surface area contributed by atoms with Crippen LogP contribution in [0.4, 0.5) is 0 Å². The van der Waals surface area contributed by atoms with Crippen LogP contribution in [-0.4, -0.2) is 37.1 Å². The number of nitrogens with zero attached hydrogens (tertiary/aromatic N) is 1. The molecule has 0 spiro atoms. The highest BCUT2D eigenvalue weighted by molar-refractivity contribution is 5.71. The van der Waals surface area contributed by atoms with Crippen LogP contribution in [0.25, 0.3) is 0 Å². The SMILES string of the molecule is C#CCN(CC#C)CC(=O)OCC. The Kier molecular flexibility index (Phi) is 6.41. The van der Waals surface area contributed by atoms with Gasteiger partial charge in [-0.15, -0.1) is 12.8 Å². The van der Waals surface area contributed by atoms with Gasteiger partial charge in [-0.05, 0) is 6.92 Å². The summed E-state index contributed by atoms with van der Waals surface area (Å²) < 4.78 is 4.75. The number of rotatable bonds is 5. The molecule has 0 rings (SSSR count). The smallest absolute Gasteiger partial charge is 0.320 e. The van der Waals surface area contributed by atoms with Gasteiger partial charge in [-0.25, -0.2) is 0 Å². The Morgan fingerprint density at radius 2 is 1.92 bits per heavy atom. The summed E-state index contributed by atoms with van der Waals surface area (Å²) in [6.07, 6.45) is 10.2. The Bertz CT molecular complexity index is 218. The van der Waals surface area contributed by atoms with E-state index in [1.54, 1.807) is 11.8 Å². The zero-order valence-electron chi connectivity index (χ0n) is 7.75. The molecule has 0 fully saturated rings. The minimum atomic E-state index is -0.298. The maximum atomic E-state index is 11.0. The first-order valence-corrected chi connectivity index (χ1v) is 3.99. The third kappa shape index (κ3) is 5.78. The Balaban J connectivity index is 3.89. The van der Waals surface area contributed by atoms with E-state index in [4.69, 9.17) is 17.6 Å². The molecule has 0 amide bonds. The average Bonchev–Trinajstić information content (AvgIpc) is 2.05. The lowest BCUT2D eigenvalue weighted by molar-refractivity contribution is -0.144. The van der Waals surface area contributed by atoms with E-state index in [0.717, 1.165) is 0 Å². The van der Waals surface area contributed by atoms with E-state index < -0.39 is 0 Å². The lowest BCUT2D eigenvalue weighted by Gasteiger charge is -2.14. The molecule has 0 saturated carbocycles. The van der Waals surface area contributed by atoms with Crippen molar-refractivity contribution in [2.75, 3.05) is 26.2 Å². The largest absolute Gasteiger partial charge is 0.465 e. The fraction of sp³-hybridized carbons (Fsp3) is 0.500. The lowest BCUT2D eigenvalue weighted by atomic mass is 10.4. The fourth-order valence-electron chi connectivity index (χ4n) is 0.815. The van der Waals surface area contributed by atoms with E-state index in [0.29, 0.717) is 19.7 Å². The molecule has 0 aromatic heterocycles. The second kappa shape index (κ2) is 7.21. The topological polar surface area (TPSA) is 29.5 Å². The van der Waals surface area contributed by atoms with E-state index in [-0.39, 0.29) is 12.5 Å². The van der Waals surface area contributed by atoms with Crippen LogP contribution in [0.15, 0.2) is 0 Å². The number of hydrogen-bond acceptors (Lipinski definition) is 3. The van der Waals surface area contributed by atoms with E-state index in [1.165, 1.54) is 0 Å². The van der Waals surface area contributed by atoms with Crippen LogP contribution in [0.3, 0.4) is 0 Å². The Labute approximate surface area is 79.1 Å². The van der Waals surface area contributed by atoms with Gasteiger partial charge >= 0.3 is 5.97 Å². The molecular weight excluding hydrogens is 166 g/mol. The maximum absolute atomic E-state index is 11.0. The summed E-state index contributed by atoms with van der Waals surface area (Å²) in [6, 6.07) is 0. The zero-order chi connectivity index (χ0) is 10.1. The first-order chi connectivity index (χ1) is 6.24. The summed E-state index contributed by atoms with van der Waals surface area (Å²) in [5.41, 5.74) is 0. The van der Waals surface area contributed by atoms with Crippen LogP contribution in [0.1, 0.15) is 6.92 Å². The number of ether oxygens (including phenoxy) is 1. The molecule has 13 heavy (non-hydrogen) atoms. The van der Waals surface area contributed by atoms with Gasteiger partial charge in [-0.1, -0.05) is 11.8 Å². The summed E-state index contributed by atoms with van der Waals surface area (Å²) in [7, 11) is 0. The first kappa shape index (κ1) is 11.6. The maximum Gasteiger partial charge on any atom is 0.320 e. The monoisotopic (exact) mass is 179 g/mol. The predicted molar refractivity (Wildman–Crippen MR) is 50.7 cm³/mol. The van der Waals surface area contributed by atoms with Gasteiger partial charge in [0, 0.05) is 0 Å². The van der Waals surface area contributed by atoms with Gasteiger partial charge in [0.15, 0.2) is 0 Å². The number of carbonyl (C=O) groups excluding carboxylic acids is 1. The third-order valence-electron chi connectivity index (χ3n) is 1.29.